The molecule has 2 aromatic heterocycles. The van der Waals surface area contributed by atoms with E-state index in [-0.39, 0.29) is 22.3 Å². The summed E-state index contributed by atoms with van der Waals surface area (Å²) in [5, 5.41) is 12.1. The molecule has 64 heavy (non-hydrogen) atoms. The van der Waals surface area contributed by atoms with Gasteiger partial charge in [-0.1, -0.05) is 168 Å². The molecular formula is C60H65N3O. The van der Waals surface area contributed by atoms with E-state index in [1.807, 2.05) is 82.3 Å². The predicted octanol–water partition coefficient (Wildman–Crippen LogP) is 16.3. The number of phenols is 1. The number of phenolic OH excluding ortho intramolecular Hbond substituents is 1. The summed E-state index contributed by atoms with van der Waals surface area (Å²) in [6.45, 7) is 9.36. The number of imidazole rings is 1. The Hall–Kier alpha value is -6.26. The molecule has 0 amide bonds. The lowest BCUT2D eigenvalue weighted by Gasteiger charge is -2.26. The first-order valence-electron chi connectivity index (χ1n) is 29.2. The topological polar surface area (TPSA) is 50.9 Å². The molecule has 1 N–H and O–H groups in total. The molecule has 0 bridgehead atoms. The van der Waals surface area contributed by atoms with Crippen LogP contribution in [0.25, 0.3) is 72.7 Å². The molecule has 326 valence electrons. The summed E-state index contributed by atoms with van der Waals surface area (Å²) >= 11 is 0. The summed E-state index contributed by atoms with van der Waals surface area (Å²) in [4.78, 5) is 9.96. The van der Waals surface area contributed by atoms with E-state index in [9.17, 15) is 6.48 Å². The van der Waals surface area contributed by atoms with Crippen LogP contribution in [0.5, 0.6) is 5.75 Å². The van der Waals surface area contributed by atoms with Crippen molar-refractivity contribution in [2.45, 2.75) is 118 Å². The Labute approximate surface area is 403 Å². The molecule has 0 unspecified atom stereocenters. The molecule has 6 aromatic carbocycles. The minimum Gasteiger partial charge on any atom is -0.507 e. The SMILES string of the molecule is [2H]c1cc(-c2c([2H])c([2H])nc(-c3cc(-c4cccc5c4nc(-c4cc(C(C)(C)C)cc(C)c4O)n5-c4ccc(C(C)(C)CC)cc4-c4ccccc4)cc(C(C)(C)C)c3)c2[2H])c([2H])c([2H])c1C(C([2H])([2H])[2H])(C([2H])([2H])[2H])C([2H])([2H])[2H]. The van der Waals surface area contributed by atoms with Gasteiger partial charge in [-0.3, -0.25) is 9.55 Å². The first-order valence-corrected chi connectivity index (χ1v) is 21.7. The second kappa shape index (κ2) is 16.4. The summed E-state index contributed by atoms with van der Waals surface area (Å²) < 4.78 is 131. The lowest BCUT2D eigenvalue weighted by atomic mass is 9.81. The molecule has 0 aliphatic heterocycles. The minimum atomic E-state index is -3.83. The zero-order chi connectivity index (χ0) is 58.7. The molecule has 8 aromatic rings. The Bertz CT molecular complexity index is 3670. The number of pyridine rings is 1. The summed E-state index contributed by atoms with van der Waals surface area (Å²) in [6.07, 6.45) is 0.252. The second-order valence-electron chi connectivity index (χ2n) is 19.5. The van der Waals surface area contributed by atoms with Crippen molar-refractivity contribution in [3.8, 4) is 67.5 Å². The summed E-state index contributed by atoms with van der Waals surface area (Å²) in [6, 6.07) is 28.5. The van der Waals surface area contributed by atoms with Crippen LogP contribution in [0.2, 0.25) is 0 Å². The van der Waals surface area contributed by atoms with E-state index in [0.29, 0.717) is 44.7 Å². The number of aromatic hydroxyl groups is 1. The van der Waals surface area contributed by atoms with Gasteiger partial charge < -0.3 is 5.11 Å². The molecule has 0 aliphatic rings. The Morgan fingerprint density at radius 1 is 0.594 bits per heavy atom. The van der Waals surface area contributed by atoms with Crippen LogP contribution >= 0.6 is 0 Å². The fourth-order valence-electron chi connectivity index (χ4n) is 7.97. The van der Waals surface area contributed by atoms with Gasteiger partial charge in [-0.25, -0.2) is 4.98 Å². The highest BCUT2D eigenvalue weighted by Gasteiger charge is 2.27. The predicted molar refractivity (Wildman–Crippen MR) is 272 cm³/mol. The fraction of sp³-hybridized carbons (Fsp3) is 0.300. The number of benzene rings is 6. The van der Waals surface area contributed by atoms with Gasteiger partial charge in [-0.2, -0.15) is 0 Å². The Morgan fingerprint density at radius 2 is 1.30 bits per heavy atom. The molecule has 0 spiro atoms. The zero-order valence-corrected chi connectivity index (χ0v) is 38.3. The Kier molecular flexibility index (Phi) is 7.48. The Morgan fingerprint density at radius 3 is 2.00 bits per heavy atom. The maximum Gasteiger partial charge on any atom is 0.149 e. The summed E-state index contributed by atoms with van der Waals surface area (Å²) in [7, 11) is 0. The van der Waals surface area contributed by atoms with Gasteiger partial charge in [0.25, 0.3) is 0 Å². The van der Waals surface area contributed by atoms with Gasteiger partial charge >= 0.3 is 0 Å². The lowest BCUT2D eigenvalue weighted by Crippen LogP contribution is -2.16. The number of aryl methyl sites for hydroxylation is 1. The molecule has 2 heterocycles. The van der Waals surface area contributed by atoms with Crippen LogP contribution in [0.4, 0.5) is 0 Å². The second-order valence-corrected chi connectivity index (χ2v) is 19.5. The molecule has 4 heteroatoms. The van der Waals surface area contributed by atoms with Crippen molar-refractivity contribution in [3.05, 3.63) is 167 Å². The average molecular weight is 859 g/mol. The molecule has 0 radical (unpaired) electrons. The number of fused-ring (bicyclic) bond motifs is 1. The smallest absolute Gasteiger partial charge is 0.149 e. The first kappa shape index (κ1) is 29.2. The third kappa shape index (κ3) is 8.55. The van der Waals surface area contributed by atoms with Gasteiger partial charge in [0, 0.05) is 35.2 Å². The maximum absolute atomic E-state index is 12.1. The molecule has 0 aliphatic carbocycles. The van der Waals surface area contributed by atoms with E-state index in [2.05, 4.69) is 81.4 Å². The van der Waals surface area contributed by atoms with E-state index >= 15 is 0 Å². The van der Waals surface area contributed by atoms with Gasteiger partial charge in [-0.05, 0) is 134 Å². The van der Waals surface area contributed by atoms with Crippen molar-refractivity contribution in [1.29, 1.82) is 0 Å². The van der Waals surface area contributed by atoms with E-state index in [1.165, 1.54) is 0 Å². The van der Waals surface area contributed by atoms with Crippen molar-refractivity contribution < 1.29 is 25.7 Å². The molecule has 0 fully saturated rings. The van der Waals surface area contributed by atoms with Crippen LogP contribution in [0.1, 0.15) is 138 Å². The monoisotopic (exact) mass is 859 g/mol. The Balaban J connectivity index is 1.44. The van der Waals surface area contributed by atoms with Gasteiger partial charge in [-0.15, -0.1) is 0 Å². The van der Waals surface area contributed by atoms with Crippen molar-refractivity contribution in [1.82, 2.24) is 14.5 Å². The van der Waals surface area contributed by atoms with Gasteiger partial charge in [0.2, 0.25) is 0 Å². The molecule has 8 rings (SSSR count). The highest BCUT2D eigenvalue weighted by atomic mass is 16.3. The molecule has 0 atom stereocenters. The highest BCUT2D eigenvalue weighted by Crippen LogP contribution is 2.44. The first-order chi connectivity index (χ1) is 36.4. The van der Waals surface area contributed by atoms with Crippen LogP contribution in [-0.4, -0.2) is 19.6 Å². The van der Waals surface area contributed by atoms with Gasteiger partial charge in [0.15, 0.2) is 0 Å². The van der Waals surface area contributed by atoms with Crippen LogP contribution in [0.15, 0.2) is 140 Å². The van der Waals surface area contributed by atoms with Crippen molar-refractivity contribution in [2.75, 3.05) is 0 Å². The largest absolute Gasteiger partial charge is 0.507 e. The maximum atomic E-state index is 12.1. The fourth-order valence-corrected chi connectivity index (χ4v) is 7.97. The lowest BCUT2D eigenvalue weighted by molar-refractivity contribution is 0.471. The van der Waals surface area contributed by atoms with Crippen molar-refractivity contribution in [3.63, 3.8) is 0 Å². The number of para-hydroxylation sites is 1. The normalized spacial score (nSPS) is 16.6. The van der Waals surface area contributed by atoms with Gasteiger partial charge in [0.05, 0.1) is 36.2 Å². The number of rotatable bonds is 8. The number of hydrogen-bond donors (Lipinski definition) is 1. The summed E-state index contributed by atoms with van der Waals surface area (Å²) in [5.74, 6) is 0.563. The molecule has 4 nitrogen and oxygen atoms in total. The van der Waals surface area contributed by atoms with E-state index < -0.39 is 84.5 Å². The number of nitrogens with zero attached hydrogens (tertiary/aromatic N) is 3. The van der Waals surface area contributed by atoms with Gasteiger partial charge in [0.1, 0.15) is 11.6 Å². The molecular weight excluding hydrogens is 779 g/mol. The summed E-state index contributed by atoms with van der Waals surface area (Å²) in [5.41, 5.74) is 2.76. The number of hydrogen-bond acceptors (Lipinski definition) is 3. The standard InChI is InChI=1S/C60H65N3O/c1-14-60(12,13)45-27-28-52(49(36-45)40-19-16-15-17-20-40)63-53-22-18-21-48(54(53)62-56(63)50-37-46(58(6,7)8)31-38(2)55(50)64)42-32-43(34-47(33-42)59(9,10)11)51-35-41(29-30-61-51)39-23-25-44(26-24-39)57(3,4)5/h15-37,64H,14H2,1-13H3/i3D3,4D3,5D3,23D,25D,26D,29D,30D,35D. The van der Waals surface area contributed by atoms with Crippen LogP contribution in [0.3, 0.4) is 0 Å². The van der Waals surface area contributed by atoms with E-state index in [1.54, 1.807) is 12.1 Å². The highest BCUT2D eigenvalue weighted by molar-refractivity contribution is 5.98. The molecule has 0 saturated carbocycles. The van der Waals surface area contributed by atoms with Crippen molar-refractivity contribution >= 4 is 11.0 Å². The zero-order valence-electron chi connectivity index (χ0n) is 53.3. The average Bonchev–Trinajstić information content (AvgIpc) is 2.58. The van der Waals surface area contributed by atoms with E-state index in [0.717, 1.165) is 46.0 Å². The minimum absolute atomic E-state index is 0.0775. The number of aromatic nitrogens is 3. The molecule has 0 saturated heterocycles. The third-order valence-electron chi connectivity index (χ3n) is 12.4. The van der Waals surface area contributed by atoms with Crippen molar-refractivity contribution in [2.24, 2.45) is 0 Å². The quantitative estimate of drug-likeness (QED) is 0.166. The van der Waals surface area contributed by atoms with E-state index in [4.69, 9.17) is 24.2 Å². The van der Waals surface area contributed by atoms with Crippen LogP contribution < -0.4 is 0 Å². The van der Waals surface area contributed by atoms with Crippen LogP contribution in [-0.2, 0) is 21.7 Å². The third-order valence-corrected chi connectivity index (χ3v) is 12.4. The van der Waals surface area contributed by atoms with Crippen LogP contribution in [0, 0.1) is 6.92 Å².